The van der Waals surface area contributed by atoms with Crippen LogP contribution < -0.4 is 0 Å². The summed E-state index contributed by atoms with van der Waals surface area (Å²) in [6.45, 7) is 45.5. The summed E-state index contributed by atoms with van der Waals surface area (Å²) in [6, 6.07) is 0. The number of rotatable bonds is 9. The highest BCUT2D eigenvalue weighted by molar-refractivity contribution is 5.93. The first-order valence-corrected chi connectivity index (χ1v) is 55.6. The van der Waals surface area contributed by atoms with Crippen molar-refractivity contribution >= 4 is 29.6 Å². The van der Waals surface area contributed by atoms with Crippen LogP contribution in [0.4, 0.5) is 0 Å². The van der Waals surface area contributed by atoms with E-state index in [9.17, 15) is 64.8 Å². The molecule has 0 saturated heterocycles. The van der Waals surface area contributed by atoms with Gasteiger partial charge in [0.15, 0.2) is 5.78 Å². The van der Waals surface area contributed by atoms with Crippen LogP contribution in [0.3, 0.4) is 0 Å². The van der Waals surface area contributed by atoms with Crippen molar-refractivity contribution < 1.29 is 69.6 Å². The number of ether oxygens (including phenoxy) is 1. The van der Waals surface area contributed by atoms with E-state index in [1.54, 1.807) is 0 Å². The molecule has 0 radical (unpaired) electrons. The summed E-state index contributed by atoms with van der Waals surface area (Å²) in [4.78, 5) is 61.4. The molecular weight excluding hydrogens is 1650 g/mol. The minimum Gasteiger partial charge on any atom is -0.466 e. The molecule has 0 aromatic heterocycles. The fourth-order valence-electron chi connectivity index (χ4n) is 38.6. The molecule has 756 valence electrons. The Hall–Kier alpha value is -3.21. The number of Topliss-reactive ketones (excluding diaryl/α,β-unsaturated/α-hetero) is 2. The van der Waals surface area contributed by atoms with E-state index in [1.165, 1.54) is 146 Å². The predicted molar refractivity (Wildman–Crippen MR) is 536 cm³/mol. The largest absolute Gasteiger partial charge is 0.466 e. The molecule has 14 saturated carbocycles. The Bertz CT molecular complexity index is 4100. The van der Waals surface area contributed by atoms with E-state index in [0.717, 1.165) is 172 Å². The lowest BCUT2D eigenvalue weighted by Gasteiger charge is -2.64. The molecule has 14 heteroatoms. The van der Waals surface area contributed by atoms with Crippen LogP contribution in [0.25, 0.3) is 0 Å². The second-order valence-corrected chi connectivity index (χ2v) is 53.8. The number of carbonyl (C=O) groups is 5. The maximum atomic E-state index is 12.7. The lowest BCUT2D eigenvalue weighted by Crippen LogP contribution is -2.60. The minimum absolute atomic E-state index is 0.0616. The van der Waals surface area contributed by atoms with Crippen molar-refractivity contribution in [1.82, 2.24) is 0 Å². The van der Waals surface area contributed by atoms with Gasteiger partial charge in [0, 0.05) is 81.7 Å². The van der Waals surface area contributed by atoms with Crippen molar-refractivity contribution in [2.45, 2.75) is 426 Å². The molecule has 133 heavy (non-hydrogen) atoms. The van der Waals surface area contributed by atoms with Crippen molar-refractivity contribution in [2.75, 3.05) is 46.8 Å². The molecule has 0 aliphatic heterocycles. The van der Waals surface area contributed by atoms with E-state index in [1.807, 2.05) is 6.08 Å². The third-order valence-corrected chi connectivity index (χ3v) is 46.3. The topological polar surface area (TPSA) is 256 Å². The Morgan fingerprint density at radius 1 is 0.421 bits per heavy atom. The molecular formula is C119H196O14. The summed E-state index contributed by atoms with van der Waals surface area (Å²) in [6.07, 6.45) is 58.3. The molecule has 18 aliphatic rings. The highest BCUT2D eigenvalue weighted by Crippen LogP contribution is 2.72. The molecule has 0 aromatic rings. The molecule has 0 aromatic carbocycles. The Labute approximate surface area is 808 Å². The Kier molecular flexibility index (Phi) is 33.8. The van der Waals surface area contributed by atoms with E-state index in [-0.39, 0.29) is 108 Å². The molecule has 35 unspecified atom stereocenters. The summed E-state index contributed by atoms with van der Waals surface area (Å²) in [5.41, 5.74) is 6.37. The van der Waals surface area contributed by atoms with Gasteiger partial charge in [-0.05, 0) is 428 Å². The van der Waals surface area contributed by atoms with Crippen molar-refractivity contribution in [3.63, 3.8) is 0 Å². The molecule has 8 N–H and O–H groups in total. The number of allylic oxidation sites excluding steroid dienone is 6. The third-order valence-electron chi connectivity index (χ3n) is 46.3. The van der Waals surface area contributed by atoms with Crippen molar-refractivity contribution in [2.24, 2.45) is 195 Å². The number of fused-ring (bicyclic) bond motifs is 18. The third kappa shape index (κ3) is 20.0. The number of hydrogen-bond donors (Lipinski definition) is 8. The highest BCUT2D eigenvalue weighted by atomic mass is 16.5. The van der Waals surface area contributed by atoms with Crippen LogP contribution in [0.5, 0.6) is 0 Å². The average molecular weight is 1850 g/mol. The molecule has 14 nitrogen and oxygen atoms in total. The maximum Gasteiger partial charge on any atom is 0.333 e. The maximum absolute atomic E-state index is 12.7. The number of methoxy groups -OCH3 is 1. The van der Waals surface area contributed by atoms with Gasteiger partial charge < -0.3 is 50.4 Å². The quantitative estimate of drug-likeness (QED) is 0.0607. The van der Waals surface area contributed by atoms with E-state index in [4.69, 9.17) is 4.74 Å². The molecule has 0 heterocycles. The van der Waals surface area contributed by atoms with Crippen LogP contribution in [0.1, 0.15) is 414 Å². The van der Waals surface area contributed by atoms with Crippen LogP contribution in [0, 0.1) is 195 Å². The number of carbonyl (C=O) groups excluding carboxylic acids is 5. The van der Waals surface area contributed by atoms with Gasteiger partial charge in [0.25, 0.3) is 0 Å². The molecule has 0 bridgehead atoms. The van der Waals surface area contributed by atoms with E-state index in [2.05, 4.69) is 150 Å². The van der Waals surface area contributed by atoms with Crippen LogP contribution in [0.15, 0.2) is 46.6 Å². The molecule has 18 aliphatic carbocycles. The monoisotopic (exact) mass is 1850 g/mol. The molecule has 0 spiro atoms. The van der Waals surface area contributed by atoms with Crippen molar-refractivity contribution in [3.8, 4) is 0 Å². The number of esters is 1. The lowest BCUT2D eigenvalue weighted by atomic mass is 9.41. The molecule has 0 amide bonds. The van der Waals surface area contributed by atoms with Gasteiger partial charge in [0.1, 0.15) is 17.9 Å². The first kappa shape index (κ1) is 107. The number of aliphatic hydroxyl groups is 8. The van der Waals surface area contributed by atoms with Gasteiger partial charge in [0.05, 0.1) is 19.3 Å². The number of aldehydes is 1. The highest BCUT2D eigenvalue weighted by Gasteiger charge is 2.66. The Morgan fingerprint density at radius 3 is 1.38 bits per heavy atom. The van der Waals surface area contributed by atoms with Gasteiger partial charge in [-0.2, -0.15) is 0 Å². The van der Waals surface area contributed by atoms with E-state index in [0.29, 0.717) is 163 Å². The number of hydrogen-bond acceptors (Lipinski definition) is 14. The molecule has 18 rings (SSSR count). The minimum atomic E-state index is -0.258. The van der Waals surface area contributed by atoms with Crippen molar-refractivity contribution in [3.05, 3.63) is 46.6 Å². The fourth-order valence-corrected chi connectivity index (χ4v) is 38.6. The standard InChI is InChI=1S/C22H36O4.2C20H34O2.C19H32O2.2C19H30O2/c1-14-12-15(19(25)26-5)6-7-17-21(4)10-9-18(24)20(2,3)16(21)8-11-22(14,17)13-23;1-14-11-15(12-21)5-7-17-16(14)6-8-18-19(2,13-22)9-4-10-20(17,18)3;1-4-14-6-8-16-15(17(22)12-14)7-9-18-19(2,13-21)10-5-11-20(16,18)3;3*1-13-5-7-15-14(16(21)11-13)6-8-17-18(2,12-20)9-4-10-19(15,17)3/h6,14,16-18,23-24H,7-13H2,1-5H3;12,14-18,22H,4-11,13H2,1-3H3;6,15-18,21-22H,4-5,7-13H2,1-3H3;13-15,17,20H,4-12H2,1-3H3;11,14-15,17,20H,4-10,12H2,1-3H3;5,14-15,17,20H,4,6-12H2,1-3H3. The predicted octanol–water partition coefficient (Wildman–Crippen LogP) is 24.9. The smallest absolute Gasteiger partial charge is 0.333 e. The molecule has 14 fully saturated rings. The summed E-state index contributed by atoms with van der Waals surface area (Å²) in [5.74, 6) is 11.7. The normalized spacial score (nSPS) is 48.5. The molecule has 35 atom stereocenters. The van der Waals surface area contributed by atoms with E-state index >= 15 is 0 Å². The van der Waals surface area contributed by atoms with E-state index < -0.39 is 0 Å². The first-order chi connectivity index (χ1) is 62.7. The zero-order chi connectivity index (χ0) is 97.0. The second-order valence-electron chi connectivity index (χ2n) is 53.8. The van der Waals surface area contributed by atoms with Crippen LogP contribution in [-0.4, -0.2) is 129 Å². The SMILES string of the molecule is CC1=CC(=O)C2CCC3C(C)(CO)CCCC3(C)C2CC1.CC1=CCC2C(CCC3C(C)(CO)CCCC23C)C(=O)C1.CC1CC(C=O)CCC2C1CCC1C(C)(CO)CCCC21C.CC1CCC2C(CCC3C(C)(CO)CCCC23C)C(=O)C1.CCC1=CCC2C(CCC3C(C)(CO)CCCC23C)C(O)C1.COC(=O)C1=CCC2C3(C)CCC(O)C(C)(C)C3CCC2(CO)C(C)C1. The van der Waals surface area contributed by atoms with Gasteiger partial charge in [0.2, 0.25) is 0 Å². The van der Waals surface area contributed by atoms with Gasteiger partial charge >= 0.3 is 5.97 Å². The Balaban J connectivity index is 0.000000136. The van der Waals surface area contributed by atoms with Crippen LogP contribution >= 0.6 is 0 Å². The average Bonchev–Trinajstić information content (AvgIpc) is 1.09. The zero-order valence-electron chi connectivity index (χ0n) is 88.0. The summed E-state index contributed by atoms with van der Waals surface area (Å²) in [7, 11) is 1.44. The van der Waals surface area contributed by atoms with Gasteiger partial charge in [-0.1, -0.05) is 185 Å². The fraction of sp³-hybridized carbons (Fsp3) is 0.891. The lowest BCUT2D eigenvalue weighted by molar-refractivity contribution is -0.192. The van der Waals surface area contributed by atoms with Gasteiger partial charge in [-0.3, -0.25) is 14.4 Å². The Morgan fingerprint density at radius 2 is 0.880 bits per heavy atom. The summed E-state index contributed by atoms with van der Waals surface area (Å²) < 4.78 is 4.99. The summed E-state index contributed by atoms with van der Waals surface area (Å²) >= 11 is 0. The number of ketones is 3. The van der Waals surface area contributed by atoms with Gasteiger partial charge in [-0.15, -0.1) is 0 Å². The first-order valence-electron chi connectivity index (χ1n) is 55.6. The van der Waals surface area contributed by atoms with Crippen LogP contribution in [-0.2, 0) is 28.7 Å². The number of aliphatic hydroxyl groups excluding tert-OH is 8. The van der Waals surface area contributed by atoms with Gasteiger partial charge in [-0.25, -0.2) is 4.79 Å². The van der Waals surface area contributed by atoms with Crippen LogP contribution in [0.2, 0.25) is 0 Å². The summed E-state index contributed by atoms with van der Waals surface area (Å²) in [5, 5.41) is 82.0. The zero-order valence-corrected chi connectivity index (χ0v) is 88.0. The second kappa shape index (κ2) is 42.0. The van der Waals surface area contributed by atoms with Crippen molar-refractivity contribution in [1.29, 1.82) is 0 Å².